The first-order valence-corrected chi connectivity index (χ1v) is 9.46. The number of rotatable bonds is 6. The van der Waals surface area contributed by atoms with Crippen LogP contribution in [0.15, 0.2) is 60.9 Å². The SMILES string of the molecule is O=C(NCCCn1cc(Cl)cn1)c1cccc(N2C(=O)c3ccccc3C2=O)c1. The van der Waals surface area contributed by atoms with Gasteiger partial charge in [-0.3, -0.25) is 19.1 Å². The Morgan fingerprint density at radius 3 is 2.41 bits per heavy atom. The van der Waals surface area contributed by atoms with Gasteiger partial charge in [-0.2, -0.15) is 5.10 Å². The number of carbonyl (C=O) groups excluding carboxylic acids is 3. The van der Waals surface area contributed by atoms with Gasteiger partial charge in [-0.1, -0.05) is 29.8 Å². The van der Waals surface area contributed by atoms with Gasteiger partial charge in [0.15, 0.2) is 0 Å². The summed E-state index contributed by atoms with van der Waals surface area (Å²) in [5.41, 5.74) is 1.48. The zero-order valence-electron chi connectivity index (χ0n) is 15.3. The predicted molar refractivity (Wildman–Crippen MR) is 108 cm³/mol. The average Bonchev–Trinajstić information content (AvgIpc) is 3.26. The van der Waals surface area contributed by atoms with Crippen LogP contribution in [0.3, 0.4) is 0 Å². The molecule has 2 heterocycles. The van der Waals surface area contributed by atoms with Crippen LogP contribution in [0.5, 0.6) is 0 Å². The maximum atomic E-state index is 12.6. The molecule has 0 unspecified atom stereocenters. The fraction of sp³-hybridized carbons (Fsp3) is 0.143. The molecule has 0 saturated heterocycles. The average molecular weight is 409 g/mol. The molecule has 8 heteroatoms. The molecule has 1 aliphatic rings. The fourth-order valence-electron chi connectivity index (χ4n) is 3.22. The summed E-state index contributed by atoms with van der Waals surface area (Å²) in [7, 11) is 0. The molecule has 29 heavy (non-hydrogen) atoms. The number of nitrogens with zero attached hydrogens (tertiary/aromatic N) is 3. The fourth-order valence-corrected chi connectivity index (χ4v) is 3.37. The van der Waals surface area contributed by atoms with Gasteiger partial charge in [-0.15, -0.1) is 0 Å². The number of hydrogen-bond donors (Lipinski definition) is 1. The summed E-state index contributed by atoms with van der Waals surface area (Å²) in [6.07, 6.45) is 3.96. The van der Waals surface area contributed by atoms with Crippen molar-refractivity contribution >= 4 is 35.0 Å². The molecule has 0 spiro atoms. The maximum absolute atomic E-state index is 12.6. The van der Waals surface area contributed by atoms with Gasteiger partial charge in [-0.05, 0) is 36.8 Å². The van der Waals surface area contributed by atoms with Crippen LogP contribution in [-0.4, -0.2) is 34.0 Å². The molecular weight excluding hydrogens is 392 g/mol. The van der Waals surface area contributed by atoms with Crippen molar-refractivity contribution in [2.24, 2.45) is 0 Å². The molecule has 3 aromatic rings. The number of hydrogen-bond acceptors (Lipinski definition) is 4. The first kappa shape index (κ1) is 18.9. The number of benzene rings is 2. The van der Waals surface area contributed by atoms with Gasteiger partial charge in [0.2, 0.25) is 0 Å². The summed E-state index contributed by atoms with van der Waals surface area (Å²) >= 11 is 5.82. The van der Waals surface area contributed by atoms with E-state index in [0.29, 0.717) is 46.9 Å². The highest BCUT2D eigenvalue weighted by atomic mass is 35.5. The Bertz CT molecular complexity index is 1070. The van der Waals surface area contributed by atoms with Crippen LogP contribution in [0, 0.1) is 0 Å². The van der Waals surface area contributed by atoms with E-state index in [1.54, 1.807) is 65.6 Å². The third-order valence-corrected chi connectivity index (χ3v) is 4.81. The van der Waals surface area contributed by atoms with Gasteiger partial charge in [0.25, 0.3) is 17.7 Å². The topological polar surface area (TPSA) is 84.3 Å². The Labute approximate surface area is 171 Å². The third-order valence-electron chi connectivity index (χ3n) is 4.61. The highest BCUT2D eigenvalue weighted by Crippen LogP contribution is 2.28. The van der Waals surface area contributed by atoms with Crippen LogP contribution >= 0.6 is 11.6 Å². The van der Waals surface area contributed by atoms with Crippen molar-refractivity contribution in [1.29, 1.82) is 0 Å². The minimum atomic E-state index is -0.388. The van der Waals surface area contributed by atoms with Gasteiger partial charge in [0, 0.05) is 24.8 Å². The predicted octanol–water partition coefficient (Wildman–Crippen LogP) is 3.16. The van der Waals surface area contributed by atoms with E-state index in [1.807, 2.05) is 0 Å². The lowest BCUT2D eigenvalue weighted by Crippen LogP contribution is -2.30. The molecule has 0 fully saturated rings. The maximum Gasteiger partial charge on any atom is 0.266 e. The van der Waals surface area contributed by atoms with Gasteiger partial charge < -0.3 is 5.32 Å². The van der Waals surface area contributed by atoms with Gasteiger partial charge in [0.1, 0.15) is 0 Å². The van der Waals surface area contributed by atoms with E-state index in [2.05, 4.69) is 10.4 Å². The number of aromatic nitrogens is 2. The van der Waals surface area contributed by atoms with Crippen molar-refractivity contribution in [3.8, 4) is 0 Å². The normalized spacial score (nSPS) is 12.9. The van der Waals surface area contributed by atoms with E-state index < -0.39 is 0 Å². The van der Waals surface area contributed by atoms with Gasteiger partial charge >= 0.3 is 0 Å². The van der Waals surface area contributed by atoms with Crippen LogP contribution in [0.2, 0.25) is 5.02 Å². The first-order valence-electron chi connectivity index (χ1n) is 9.08. The van der Waals surface area contributed by atoms with Gasteiger partial charge in [0.05, 0.1) is 28.0 Å². The summed E-state index contributed by atoms with van der Waals surface area (Å²) in [6, 6.07) is 13.2. The highest BCUT2D eigenvalue weighted by Gasteiger charge is 2.36. The molecule has 3 amide bonds. The van der Waals surface area contributed by atoms with Gasteiger partial charge in [-0.25, -0.2) is 4.90 Å². The summed E-state index contributed by atoms with van der Waals surface area (Å²) in [6.45, 7) is 1.08. The van der Waals surface area contributed by atoms with Crippen LogP contribution in [0.25, 0.3) is 0 Å². The molecular formula is C21H17ClN4O3. The number of amides is 3. The monoisotopic (exact) mass is 408 g/mol. The van der Waals surface area contributed by atoms with E-state index in [9.17, 15) is 14.4 Å². The van der Waals surface area contributed by atoms with Crippen LogP contribution in [0.1, 0.15) is 37.5 Å². The Morgan fingerprint density at radius 2 is 1.76 bits per heavy atom. The number of anilines is 1. The molecule has 0 atom stereocenters. The summed E-state index contributed by atoms with van der Waals surface area (Å²) in [5, 5.41) is 7.48. The van der Waals surface area contributed by atoms with Crippen LogP contribution in [0.4, 0.5) is 5.69 Å². The zero-order chi connectivity index (χ0) is 20.4. The Kier molecular flexibility index (Phi) is 5.14. The number of carbonyl (C=O) groups is 3. The molecule has 1 aliphatic heterocycles. The first-order chi connectivity index (χ1) is 14.0. The molecule has 4 rings (SSSR count). The molecule has 1 N–H and O–H groups in total. The molecule has 0 aliphatic carbocycles. The quantitative estimate of drug-likeness (QED) is 0.501. The van der Waals surface area contributed by atoms with E-state index in [-0.39, 0.29) is 17.7 Å². The molecule has 2 aromatic carbocycles. The number of imide groups is 1. The van der Waals surface area contributed by atoms with Crippen molar-refractivity contribution in [1.82, 2.24) is 15.1 Å². The summed E-state index contributed by atoms with van der Waals surface area (Å²) < 4.78 is 1.71. The van der Waals surface area contributed by atoms with E-state index in [0.717, 1.165) is 4.90 Å². The van der Waals surface area contributed by atoms with Crippen LogP contribution in [-0.2, 0) is 6.54 Å². The number of nitrogens with one attached hydrogen (secondary N) is 1. The second-order valence-corrected chi connectivity index (χ2v) is 7.01. The standard InChI is InChI=1S/C21H17ClN4O3/c22-15-12-24-25(13-15)10-4-9-23-19(27)14-5-3-6-16(11-14)26-20(28)17-7-1-2-8-18(17)21(26)29/h1-3,5-8,11-13H,4,9-10H2,(H,23,27). The summed E-state index contributed by atoms with van der Waals surface area (Å²) in [4.78, 5) is 38.8. The lowest BCUT2D eigenvalue weighted by molar-refractivity contribution is 0.0919. The Hall–Kier alpha value is -3.45. The van der Waals surface area contributed by atoms with Crippen molar-refractivity contribution in [3.63, 3.8) is 0 Å². The Morgan fingerprint density at radius 1 is 1.03 bits per heavy atom. The van der Waals surface area contributed by atoms with Crippen molar-refractivity contribution in [2.75, 3.05) is 11.4 Å². The number of fused-ring (bicyclic) bond motifs is 1. The number of aryl methyl sites for hydroxylation is 1. The number of halogens is 1. The second kappa shape index (κ2) is 7.89. The van der Waals surface area contributed by atoms with Crippen LogP contribution < -0.4 is 10.2 Å². The Balaban J connectivity index is 1.41. The summed E-state index contributed by atoms with van der Waals surface area (Å²) in [5.74, 6) is -1.05. The zero-order valence-corrected chi connectivity index (χ0v) is 16.1. The minimum Gasteiger partial charge on any atom is -0.352 e. The molecule has 146 valence electrons. The van der Waals surface area contributed by atoms with Crippen molar-refractivity contribution < 1.29 is 14.4 Å². The lowest BCUT2D eigenvalue weighted by Gasteiger charge is -2.15. The molecule has 0 radical (unpaired) electrons. The molecule has 0 bridgehead atoms. The largest absolute Gasteiger partial charge is 0.352 e. The van der Waals surface area contributed by atoms with E-state index in [4.69, 9.17) is 11.6 Å². The minimum absolute atomic E-state index is 0.276. The molecule has 1 aromatic heterocycles. The second-order valence-electron chi connectivity index (χ2n) is 6.57. The van der Waals surface area contributed by atoms with E-state index in [1.165, 1.54) is 0 Å². The van der Waals surface area contributed by atoms with Crippen molar-refractivity contribution in [3.05, 3.63) is 82.6 Å². The molecule has 0 saturated carbocycles. The lowest BCUT2D eigenvalue weighted by atomic mass is 10.1. The smallest absolute Gasteiger partial charge is 0.266 e. The third kappa shape index (κ3) is 3.77. The van der Waals surface area contributed by atoms with Crippen molar-refractivity contribution in [2.45, 2.75) is 13.0 Å². The highest BCUT2D eigenvalue weighted by molar-refractivity contribution is 6.34. The molecule has 7 nitrogen and oxygen atoms in total. The van der Waals surface area contributed by atoms with E-state index >= 15 is 0 Å².